The number of amides is 3. The third kappa shape index (κ3) is 4.67. The predicted molar refractivity (Wildman–Crippen MR) is 109 cm³/mol. The smallest absolute Gasteiger partial charge is 0.413 e. The fourth-order valence-electron chi connectivity index (χ4n) is 3.17. The molecule has 1 aromatic carbocycles. The highest BCUT2D eigenvalue weighted by Gasteiger charge is 2.29. The lowest BCUT2D eigenvalue weighted by Gasteiger charge is -2.18. The molecule has 28 heavy (non-hydrogen) atoms. The Morgan fingerprint density at radius 1 is 1.21 bits per heavy atom. The van der Waals surface area contributed by atoms with Crippen LogP contribution in [0.2, 0.25) is 0 Å². The van der Waals surface area contributed by atoms with Crippen molar-refractivity contribution in [2.24, 2.45) is 5.92 Å². The number of nitrogens with one attached hydrogen (secondary N) is 2. The largest absolute Gasteiger partial charge is 0.453 e. The van der Waals surface area contributed by atoms with Crippen LogP contribution in [0.3, 0.4) is 0 Å². The number of fused-ring (bicyclic) bond motifs is 1. The number of benzene rings is 1. The standard InChI is InChI=1S/C21H22N2O4S/c1-13-8-10-15-16(12-13)28-20(18(15)19(25)23-21(26)27-2)22-17(24)11-9-14-6-4-3-5-7-14/h3-7,9,11,13H,8,10,12H2,1-2H3,(H,22,24)(H,23,25,26)/b11-9+/t13-/m0/s1. The van der Waals surface area contributed by atoms with E-state index in [9.17, 15) is 14.4 Å². The molecular weight excluding hydrogens is 376 g/mol. The van der Waals surface area contributed by atoms with E-state index in [1.807, 2.05) is 30.3 Å². The molecule has 0 saturated carbocycles. The Balaban J connectivity index is 1.85. The molecule has 2 aromatic rings. The van der Waals surface area contributed by atoms with Crippen molar-refractivity contribution in [1.29, 1.82) is 0 Å². The van der Waals surface area contributed by atoms with Gasteiger partial charge in [-0.2, -0.15) is 0 Å². The third-order valence-corrected chi connectivity index (χ3v) is 5.77. The molecule has 6 nitrogen and oxygen atoms in total. The minimum absolute atomic E-state index is 0.331. The monoisotopic (exact) mass is 398 g/mol. The summed E-state index contributed by atoms with van der Waals surface area (Å²) >= 11 is 1.40. The first-order chi connectivity index (χ1) is 13.5. The van der Waals surface area contributed by atoms with E-state index >= 15 is 0 Å². The number of carbonyl (C=O) groups excluding carboxylic acids is 3. The van der Waals surface area contributed by atoms with Gasteiger partial charge in [0.05, 0.1) is 12.7 Å². The first kappa shape index (κ1) is 19.8. The van der Waals surface area contributed by atoms with E-state index in [0.717, 1.165) is 35.3 Å². The second-order valence-corrected chi connectivity index (χ2v) is 7.84. The second-order valence-electron chi connectivity index (χ2n) is 6.73. The molecule has 0 spiro atoms. The summed E-state index contributed by atoms with van der Waals surface area (Å²) in [5, 5.41) is 5.47. The van der Waals surface area contributed by atoms with Gasteiger partial charge in [0.25, 0.3) is 5.91 Å². The number of rotatable bonds is 4. The van der Waals surface area contributed by atoms with Crippen molar-refractivity contribution < 1.29 is 19.1 Å². The molecular formula is C21H22N2O4S. The summed E-state index contributed by atoms with van der Waals surface area (Å²) < 4.78 is 4.52. The second kappa shape index (κ2) is 8.84. The summed E-state index contributed by atoms with van der Waals surface area (Å²) in [7, 11) is 1.20. The Labute approximate surface area is 167 Å². The molecule has 0 saturated heterocycles. The van der Waals surface area contributed by atoms with Crippen molar-refractivity contribution in [3.05, 3.63) is 58.0 Å². The average molecular weight is 398 g/mol. The van der Waals surface area contributed by atoms with Crippen LogP contribution >= 0.6 is 11.3 Å². The molecule has 146 valence electrons. The summed E-state index contributed by atoms with van der Waals surface area (Å²) in [6.07, 6.45) is 4.87. The summed E-state index contributed by atoms with van der Waals surface area (Å²) in [6, 6.07) is 9.47. The number of ether oxygens (including phenoxy) is 1. The van der Waals surface area contributed by atoms with Gasteiger partial charge in [0.2, 0.25) is 5.91 Å². The summed E-state index contributed by atoms with van der Waals surface area (Å²) in [4.78, 5) is 37.6. The molecule has 0 radical (unpaired) electrons. The normalized spacial score (nSPS) is 15.7. The van der Waals surface area contributed by atoms with Crippen LogP contribution in [0.25, 0.3) is 6.08 Å². The van der Waals surface area contributed by atoms with E-state index in [1.165, 1.54) is 24.5 Å². The molecule has 1 aliphatic rings. The third-order valence-electron chi connectivity index (χ3n) is 4.60. The number of methoxy groups -OCH3 is 1. The number of hydrogen-bond acceptors (Lipinski definition) is 5. The molecule has 0 aliphatic heterocycles. The lowest BCUT2D eigenvalue weighted by atomic mass is 9.88. The van der Waals surface area contributed by atoms with Gasteiger partial charge in [-0.05, 0) is 42.4 Å². The van der Waals surface area contributed by atoms with Crippen molar-refractivity contribution in [3.8, 4) is 0 Å². The van der Waals surface area contributed by atoms with E-state index in [2.05, 4.69) is 22.3 Å². The number of imide groups is 1. The lowest BCUT2D eigenvalue weighted by molar-refractivity contribution is -0.111. The number of thiophene rings is 1. The quantitative estimate of drug-likeness (QED) is 0.762. The SMILES string of the molecule is COC(=O)NC(=O)c1c(NC(=O)/C=C/c2ccccc2)sc2c1CC[C@H](C)C2. The Morgan fingerprint density at radius 3 is 2.68 bits per heavy atom. The number of carbonyl (C=O) groups is 3. The Bertz CT molecular complexity index is 918. The maximum atomic E-state index is 12.6. The van der Waals surface area contributed by atoms with Gasteiger partial charge in [0.1, 0.15) is 5.00 Å². The molecule has 3 amide bonds. The van der Waals surface area contributed by atoms with Crippen LogP contribution in [-0.4, -0.2) is 25.0 Å². The maximum Gasteiger partial charge on any atom is 0.413 e. The highest BCUT2D eigenvalue weighted by Crippen LogP contribution is 2.39. The highest BCUT2D eigenvalue weighted by molar-refractivity contribution is 7.17. The first-order valence-corrected chi connectivity index (χ1v) is 9.87. The summed E-state index contributed by atoms with van der Waals surface area (Å²) in [5.74, 6) is -0.368. The van der Waals surface area contributed by atoms with Crippen molar-refractivity contribution >= 4 is 40.3 Å². The van der Waals surface area contributed by atoms with Crippen LogP contribution in [0.5, 0.6) is 0 Å². The van der Waals surface area contributed by atoms with Crippen molar-refractivity contribution in [2.45, 2.75) is 26.2 Å². The summed E-state index contributed by atoms with van der Waals surface area (Å²) in [5.41, 5.74) is 2.17. The van der Waals surface area contributed by atoms with E-state index in [4.69, 9.17) is 0 Å². The van der Waals surface area contributed by atoms with Crippen LogP contribution in [0.1, 0.15) is 39.7 Å². The van der Waals surface area contributed by atoms with Crippen molar-refractivity contribution in [1.82, 2.24) is 5.32 Å². The van der Waals surface area contributed by atoms with E-state index < -0.39 is 12.0 Å². The van der Waals surface area contributed by atoms with Gasteiger partial charge >= 0.3 is 6.09 Å². The van der Waals surface area contributed by atoms with Crippen LogP contribution in [-0.2, 0) is 22.4 Å². The molecule has 0 unspecified atom stereocenters. The average Bonchev–Trinajstić information content (AvgIpc) is 3.03. The van der Waals surface area contributed by atoms with E-state index in [1.54, 1.807) is 6.08 Å². The predicted octanol–water partition coefficient (Wildman–Crippen LogP) is 4.02. The van der Waals surface area contributed by atoms with Gasteiger partial charge in [-0.15, -0.1) is 11.3 Å². The number of hydrogen-bond donors (Lipinski definition) is 2. The lowest BCUT2D eigenvalue weighted by Crippen LogP contribution is -2.31. The van der Waals surface area contributed by atoms with Crippen molar-refractivity contribution in [2.75, 3.05) is 12.4 Å². The fraction of sp³-hybridized carbons (Fsp3) is 0.286. The van der Waals surface area contributed by atoms with Crippen LogP contribution in [0.15, 0.2) is 36.4 Å². The van der Waals surface area contributed by atoms with Crippen LogP contribution < -0.4 is 10.6 Å². The molecule has 1 heterocycles. The van der Waals surface area contributed by atoms with Gasteiger partial charge in [-0.3, -0.25) is 14.9 Å². The minimum Gasteiger partial charge on any atom is -0.453 e. The molecule has 0 fully saturated rings. The van der Waals surface area contributed by atoms with Crippen LogP contribution in [0.4, 0.5) is 9.80 Å². The fourth-order valence-corrected chi connectivity index (χ4v) is 4.59. The molecule has 1 aromatic heterocycles. The van der Waals surface area contributed by atoms with Crippen molar-refractivity contribution in [3.63, 3.8) is 0 Å². The molecule has 2 N–H and O–H groups in total. The van der Waals surface area contributed by atoms with E-state index in [-0.39, 0.29) is 5.91 Å². The zero-order chi connectivity index (χ0) is 20.1. The molecule has 1 aliphatic carbocycles. The topological polar surface area (TPSA) is 84.5 Å². The van der Waals surface area contributed by atoms with Crippen LogP contribution in [0, 0.1) is 5.92 Å². The van der Waals surface area contributed by atoms with Gasteiger partial charge in [-0.1, -0.05) is 37.3 Å². The molecule has 7 heteroatoms. The Hall–Kier alpha value is -2.93. The van der Waals surface area contributed by atoms with Gasteiger partial charge in [-0.25, -0.2) is 4.79 Å². The first-order valence-electron chi connectivity index (χ1n) is 9.06. The maximum absolute atomic E-state index is 12.6. The highest BCUT2D eigenvalue weighted by atomic mass is 32.1. The Morgan fingerprint density at radius 2 is 1.96 bits per heavy atom. The zero-order valence-electron chi connectivity index (χ0n) is 15.8. The Kier molecular flexibility index (Phi) is 6.26. The van der Waals surface area contributed by atoms with Gasteiger partial charge < -0.3 is 10.1 Å². The molecule has 0 bridgehead atoms. The minimum atomic E-state index is -0.824. The van der Waals surface area contributed by atoms with E-state index in [0.29, 0.717) is 16.5 Å². The number of anilines is 1. The molecule has 1 atom stereocenters. The summed E-state index contributed by atoms with van der Waals surface area (Å²) in [6.45, 7) is 2.16. The van der Waals surface area contributed by atoms with Gasteiger partial charge in [0, 0.05) is 11.0 Å². The molecule has 3 rings (SSSR count). The van der Waals surface area contributed by atoms with Gasteiger partial charge in [0.15, 0.2) is 0 Å². The number of alkyl carbamates (subject to hydrolysis) is 1. The zero-order valence-corrected chi connectivity index (χ0v) is 16.6.